The van der Waals surface area contributed by atoms with Crippen LogP contribution in [0.5, 0.6) is 5.75 Å². The maximum atomic E-state index is 9.39. The highest BCUT2D eigenvalue weighted by Gasteiger charge is 2.37. The van der Waals surface area contributed by atoms with Crippen LogP contribution in [0.3, 0.4) is 0 Å². The lowest BCUT2D eigenvalue weighted by molar-refractivity contribution is 0.0420. The van der Waals surface area contributed by atoms with Gasteiger partial charge in [-0.1, -0.05) is 12.1 Å². The Morgan fingerprint density at radius 1 is 1.24 bits per heavy atom. The van der Waals surface area contributed by atoms with E-state index in [1.165, 1.54) is 57.4 Å². The van der Waals surface area contributed by atoms with Crippen LogP contribution in [-0.2, 0) is 6.42 Å². The van der Waals surface area contributed by atoms with E-state index >= 15 is 0 Å². The molecule has 1 aromatic carbocycles. The van der Waals surface area contributed by atoms with Crippen molar-refractivity contribution in [2.24, 2.45) is 5.41 Å². The Bertz CT molecular complexity index is 445. The Morgan fingerprint density at radius 2 is 2.00 bits per heavy atom. The van der Waals surface area contributed by atoms with E-state index in [0.29, 0.717) is 17.2 Å². The maximum Gasteiger partial charge on any atom is 0.115 e. The van der Waals surface area contributed by atoms with Crippen LogP contribution in [0.2, 0.25) is 0 Å². The summed E-state index contributed by atoms with van der Waals surface area (Å²) in [5.41, 5.74) is 1.85. The van der Waals surface area contributed by atoms with Gasteiger partial charge in [0.2, 0.25) is 0 Å². The van der Waals surface area contributed by atoms with Gasteiger partial charge in [0.05, 0.1) is 0 Å². The van der Waals surface area contributed by atoms with Gasteiger partial charge < -0.3 is 10.4 Å². The Kier molecular flexibility index (Phi) is 4.51. The van der Waals surface area contributed by atoms with Gasteiger partial charge in [-0.3, -0.25) is 4.90 Å². The van der Waals surface area contributed by atoms with Gasteiger partial charge in [-0.05, 0) is 75.2 Å². The van der Waals surface area contributed by atoms with E-state index in [9.17, 15) is 5.11 Å². The molecule has 0 aromatic heterocycles. The molecule has 0 radical (unpaired) electrons. The van der Waals surface area contributed by atoms with Crippen LogP contribution in [0.1, 0.15) is 38.2 Å². The zero-order valence-corrected chi connectivity index (χ0v) is 13.1. The molecule has 0 saturated carbocycles. The molecule has 116 valence electrons. The standard InChI is InChI=1S/C18H28N2O/c1-15(12-16-4-6-17(21)7-5-16)20-11-3-9-18(14-20)8-2-10-19-13-18/h4-7,15,19,21H,2-3,8-14H2,1H3. The molecule has 21 heavy (non-hydrogen) atoms. The fourth-order valence-corrected chi connectivity index (χ4v) is 4.10. The molecule has 2 N–H and O–H groups in total. The fraction of sp³-hybridized carbons (Fsp3) is 0.667. The van der Waals surface area contributed by atoms with Crippen molar-refractivity contribution in [1.82, 2.24) is 10.2 Å². The van der Waals surface area contributed by atoms with E-state index in [0.717, 1.165) is 6.42 Å². The lowest BCUT2D eigenvalue weighted by Crippen LogP contribution is -2.53. The van der Waals surface area contributed by atoms with Crippen molar-refractivity contribution in [1.29, 1.82) is 0 Å². The Balaban J connectivity index is 1.61. The molecule has 2 heterocycles. The summed E-state index contributed by atoms with van der Waals surface area (Å²) in [7, 11) is 0. The molecule has 0 aliphatic carbocycles. The van der Waals surface area contributed by atoms with Gasteiger partial charge in [0, 0.05) is 19.1 Å². The normalized spacial score (nSPS) is 28.6. The van der Waals surface area contributed by atoms with E-state index in [1.807, 2.05) is 12.1 Å². The number of likely N-dealkylation sites (tertiary alicyclic amines) is 1. The summed E-state index contributed by atoms with van der Waals surface area (Å²) in [6.07, 6.45) is 6.52. The van der Waals surface area contributed by atoms with Crippen LogP contribution in [0.15, 0.2) is 24.3 Å². The highest BCUT2D eigenvalue weighted by atomic mass is 16.3. The lowest BCUT2D eigenvalue weighted by atomic mass is 9.74. The summed E-state index contributed by atoms with van der Waals surface area (Å²) < 4.78 is 0. The number of hydrogen-bond donors (Lipinski definition) is 2. The topological polar surface area (TPSA) is 35.5 Å². The molecule has 2 unspecified atom stereocenters. The molecule has 2 aliphatic heterocycles. The minimum atomic E-state index is 0.358. The molecule has 0 amide bonds. The van der Waals surface area contributed by atoms with Crippen LogP contribution in [0.4, 0.5) is 0 Å². The molecule has 0 bridgehead atoms. The second-order valence-electron chi connectivity index (χ2n) is 7.07. The summed E-state index contributed by atoms with van der Waals surface area (Å²) in [5, 5.41) is 13.0. The minimum Gasteiger partial charge on any atom is -0.508 e. The number of rotatable bonds is 3. The summed E-state index contributed by atoms with van der Waals surface area (Å²) in [5.74, 6) is 0.358. The number of nitrogens with zero attached hydrogens (tertiary/aromatic N) is 1. The predicted molar refractivity (Wildman–Crippen MR) is 86.6 cm³/mol. The molecule has 1 spiro atoms. The third kappa shape index (κ3) is 3.58. The average Bonchev–Trinajstić information content (AvgIpc) is 2.50. The van der Waals surface area contributed by atoms with E-state index in [1.54, 1.807) is 12.1 Å². The second-order valence-corrected chi connectivity index (χ2v) is 7.07. The van der Waals surface area contributed by atoms with Crippen molar-refractivity contribution in [3.8, 4) is 5.75 Å². The first-order chi connectivity index (χ1) is 10.2. The van der Waals surface area contributed by atoms with Gasteiger partial charge in [0.25, 0.3) is 0 Å². The van der Waals surface area contributed by atoms with Gasteiger partial charge in [0.1, 0.15) is 5.75 Å². The average molecular weight is 288 g/mol. The predicted octanol–water partition coefficient (Wildman–Crippen LogP) is 2.79. The largest absolute Gasteiger partial charge is 0.508 e. The molecule has 3 nitrogen and oxygen atoms in total. The van der Waals surface area contributed by atoms with Gasteiger partial charge in [0.15, 0.2) is 0 Å². The molecule has 3 rings (SSSR count). The molecule has 2 aliphatic rings. The fourth-order valence-electron chi connectivity index (χ4n) is 4.10. The van der Waals surface area contributed by atoms with E-state index in [4.69, 9.17) is 0 Å². The first-order valence-corrected chi connectivity index (χ1v) is 8.40. The third-order valence-corrected chi connectivity index (χ3v) is 5.34. The lowest BCUT2D eigenvalue weighted by Gasteiger charge is -2.47. The van der Waals surface area contributed by atoms with Crippen LogP contribution < -0.4 is 5.32 Å². The van der Waals surface area contributed by atoms with Gasteiger partial charge in [-0.25, -0.2) is 0 Å². The Hall–Kier alpha value is -1.06. The van der Waals surface area contributed by atoms with Gasteiger partial charge in [-0.2, -0.15) is 0 Å². The molecule has 3 heteroatoms. The third-order valence-electron chi connectivity index (χ3n) is 5.34. The van der Waals surface area contributed by atoms with Crippen LogP contribution in [0, 0.1) is 5.41 Å². The summed E-state index contributed by atoms with van der Waals surface area (Å²) in [4.78, 5) is 2.68. The van der Waals surface area contributed by atoms with Gasteiger partial charge in [-0.15, -0.1) is 0 Å². The molecular weight excluding hydrogens is 260 g/mol. The Labute approximate surface area is 128 Å². The minimum absolute atomic E-state index is 0.358. The summed E-state index contributed by atoms with van der Waals surface area (Å²) >= 11 is 0. The molecule has 2 atom stereocenters. The maximum absolute atomic E-state index is 9.39. The van der Waals surface area contributed by atoms with Crippen molar-refractivity contribution in [2.45, 2.75) is 45.1 Å². The van der Waals surface area contributed by atoms with Gasteiger partial charge >= 0.3 is 0 Å². The van der Waals surface area contributed by atoms with E-state index < -0.39 is 0 Å². The zero-order valence-electron chi connectivity index (χ0n) is 13.1. The van der Waals surface area contributed by atoms with Crippen molar-refractivity contribution >= 4 is 0 Å². The smallest absolute Gasteiger partial charge is 0.115 e. The first kappa shape index (κ1) is 14.9. The van der Waals surface area contributed by atoms with Crippen LogP contribution in [0.25, 0.3) is 0 Å². The number of benzene rings is 1. The molecule has 2 saturated heterocycles. The van der Waals surface area contributed by atoms with Crippen molar-refractivity contribution < 1.29 is 5.11 Å². The monoisotopic (exact) mass is 288 g/mol. The van der Waals surface area contributed by atoms with E-state index in [2.05, 4.69) is 17.1 Å². The summed E-state index contributed by atoms with van der Waals surface area (Å²) in [6.45, 7) is 7.24. The molecule has 2 fully saturated rings. The van der Waals surface area contributed by atoms with E-state index in [-0.39, 0.29) is 0 Å². The highest BCUT2D eigenvalue weighted by Crippen LogP contribution is 2.36. The van der Waals surface area contributed by atoms with Crippen molar-refractivity contribution in [2.75, 3.05) is 26.2 Å². The quantitative estimate of drug-likeness (QED) is 0.898. The number of hydrogen-bond acceptors (Lipinski definition) is 3. The van der Waals surface area contributed by atoms with Crippen LogP contribution >= 0.6 is 0 Å². The highest BCUT2D eigenvalue weighted by molar-refractivity contribution is 5.26. The molecule has 1 aromatic rings. The summed E-state index contributed by atoms with van der Waals surface area (Å²) in [6, 6.07) is 8.27. The number of aromatic hydroxyl groups is 1. The molecular formula is C18H28N2O. The van der Waals surface area contributed by atoms with Crippen molar-refractivity contribution in [3.63, 3.8) is 0 Å². The SMILES string of the molecule is CC(Cc1ccc(O)cc1)N1CCCC2(CCCNC2)C1. The number of piperidine rings is 2. The number of nitrogens with one attached hydrogen (secondary N) is 1. The Morgan fingerprint density at radius 3 is 2.71 bits per heavy atom. The number of phenolic OH excluding ortho intramolecular Hbond substituents is 1. The van der Waals surface area contributed by atoms with Crippen molar-refractivity contribution in [3.05, 3.63) is 29.8 Å². The van der Waals surface area contributed by atoms with Crippen LogP contribution in [-0.4, -0.2) is 42.2 Å². The zero-order chi connectivity index (χ0) is 14.7. The second kappa shape index (κ2) is 6.37. The first-order valence-electron chi connectivity index (χ1n) is 8.40. The number of phenols is 1.